The van der Waals surface area contributed by atoms with Gasteiger partial charge in [0.1, 0.15) is 17.1 Å². The fourth-order valence-corrected chi connectivity index (χ4v) is 3.69. The molecule has 14 heteroatoms. The molecular weight excluding hydrogens is 444 g/mol. The van der Waals surface area contributed by atoms with Crippen LogP contribution in [0.1, 0.15) is 23.7 Å². The molecule has 3 N–H and O–H groups in total. The standard InChI is InChI=1S/C17H16F4N6O3S/c1-16(28,9-31(22,29)30)14-4-2-3-13(23-14)15-24-26-27(25-15)8-10-7-11(17(19,20)21)5-6-12(10)18/h2-7,28H,8-9H2,1H3,(H2,22,29,30). The Kier molecular flexibility index (Phi) is 5.82. The number of sulfonamides is 1. The molecule has 0 amide bonds. The lowest BCUT2D eigenvalue weighted by atomic mass is 10.0. The van der Waals surface area contributed by atoms with Crippen LogP contribution < -0.4 is 5.14 Å². The number of primary sulfonamides is 1. The van der Waals surface area contributed by atoms with E-state index in [1.165, 1.54) is 25.1 Å². The first-order valence-electron chi connectivity index (χ1n) is 8.59. The highest BCUT2D eigenvalue weighted by atomic mass is 32.2. The summed E-state index contributed by atoms with van der Waals surface area (Å²) in [6, 6.07) is 6.26. The zero-order valence-electron chi connectivity index (χ0n) is 15.9. The van der Waals surface area contributed by atoms with Gasteiger partial charge in [-0.1, -0.05) is 6.07 Å². The van der Waals surface area contributed by atoms with E-state index in [0.717, 1.165) is 4.80 Å². The molecule has 3 aromatic rings. The number of pyridine rings is 1. The molecule has 0 bridgehead atoms. The summed E-state index contributed by atoms with van der Waals surface area (Å²) >= 11 is 0. The third-order valence-electron chi connectivity index (χ3n) is 4.15. The minimum absolute atomic E-state index is 0.0284. The van der Waals surface area contributed by atoms with Crippen molar-refractivity contribution in [3.8, 4) is 11.5 Å². The number of aromatic nitrogens is 5. The van der Waals surface area contributed by atoms with Crippen molar-refractivity contribution in [3.63, 3.8) is 0 Å². The molecule has 0 aliphatic carbocycles. The van der Waals surface area contributed by atoms with Crippen LogP contribution in [-0.2, 0) is 28.3 Å². The molecule has 0 spiro atoms. The Hall–Kier alpha value is -2.97. The molecular formula is C17H16F4N6O3S. The Labute approximate surface area is 173 Å². The van der Waals surface area contributed by atoms with Gasteiger partial charge in [0.05, 0.1) is 23.6 Å². The molecule has 2 heterocycles. The molecule has 0 aliphatic rings. The van der Waals surface area contributed by atoms with Crippen molar-refractivity contribution >= 4 is 10.0 Å². The Bertz CT molecular complexity index is 1210. The summed E-state index contributed by atoms with van der Waals surface area (Å²) in [6.45, 7) is 0.787. The maximum atomic E-state index is 13.9. The van der Waals surface area contributed by atoms with Crippen molar-refractivity contribution < 1.29 is 31.1 Å². The summed E-state index contributed by atoms with van der Waals surface area (Å²) in [7, 11) is -4.01. The van der Waals surface area contributed by atoms with Crippen molar-refractivity contribution in [2.75, 3.05) is 5.75 Å². The van der Waals surface area contributed by atoms with E-state index in [9.17, 15) is 31.1 Å². The van der Waals surface area contributed by atoms with Gasteiger partial charge in [0.25, 0.3) is 0 Å². The van der Waals surface area contributed by atoms with Gasteiger partial charge in [0.2, 0.25) is 15.8 Å². The van der Waals surface area contributed by atoms with Crippen LogP contribution in [0.15, 0.2) is 36.4 Å². The predicted molar refractivity (Wildman–Crippen MR) is 99.1 cm³/mol. The van der Waals surface area contributed by atoms with Crippen LogP contribution in [0.25, 0.3) is 11.5 Å². The fraction of sp³-hybridized carbons (Fsp3) is 0.294. The summed E-state index contributed by atoms with van der Waals surface area (Å²) in [5, 5.41) is 26.8. The van der Waals surface area contributed by atoms with Crippen LogP contribution in [0.3, 0.4) is 0 Å². The molecule has 2 aromatic heterocycles. The predicted octanol–water partition coefficient (Wildman–Crippen LogP) is 1.44. The van der Waals surface area contributed by atoms with Crippen LogP contribution >= 0.6 is 0 Å². The monoisotopic (exact) mass is 460 g/mol. The zero-order valence-corrected chi connectivity index (χ0v) is 16.7. The SMILES string of the molecule is CC(O)(CS(N)(=O)=O)c1cccc(-c2nnn(Cc3cc(C(F)(F)F)ccc3F)n2)n1. The summed E-state index contributed by atoms with van der Waals surface area (Å²) < 4.78 is 75.1. The molecule has 166 valence electrons. The summed E-state index contributed by atoms with van der Waals surface area (Å²) in [4.78, 5) is 4.99. The van der Waals surface area contributed by atoms with Crippen LogP contribution in [0.5, 0.6) is 0 Å². The van der Waals surface area contributed by atoms with E-state index in [0.29, 0.717) is 18.2 Å². The first-order chi connectivity index (χ1) is 14.2. The van der Waals surface area contributed by atoms with E-state index < -0.39 is 45.5 Å². The van der Waals surface area contributed by atoms with Crippen molar-refractivity contribution in [1.29, 1.82) is 0 Å². The average molecular weight is 460 g/mol. The van der Waals surface area contributed by atoms with Crippen LogP contribution in [0, 0.1) is 5.82 Å². The maximum Gasteiger partial charge on any atom is 0.416 e. The highest BCUT2D eigenvalue weighted by Crippen LogP contribution is 2.30. The second-order valence-electron chi connectivity index (χ2n) is 6.94. The molecule has 31 heavy (non-hydrogen) atoms. The first kappa shape index (κ1) is 22.7. The minimum atomic E-state index is -4.64. The van der Waals surface area contributed by atoms with E-state index >= 15 is 0 Å². The van der Waals surface area contributed by atoms with Crippen molar-refractivity contribution in [2.45, 2.75) is 25.2 Å². The zero-order chi connectivity index (χ0) is 23.0. The van der Waals surface area contributed by atoms with E-state index in [4.69, 9.17) is 5.14 Å². The van der Waals surface area contributed by atoms with E-state index in [2.05, 4.69) is 20.4 Å². The highest BCUT2D eigenvalue weighted by Gasteiger charge is 2.32. The molecule has 1 atom stereocenters. The second-order valence-corrected chi connectivity index (χ2v) is 8.55. The summed E-state index contributed by atoms with van der Waals surface area (Å²) in [6.07, 6.45) is -4.64. The number of aliphatic hydroxyl groups is 1. The van der Waals surface area contributed by atoms with Crippen LogP contribution in [0.4, 0.5) is 17.6 Å². The molecule has 3 rings (SSSR count). The normalized spacial score (nSPS) is 14.4. The van der Waals surface area contributed by atoms with Gasteiger partial charge in [0.15, 0.2) is 0 Å². The molecule has 0 saturated heterocycles. The summed E-state index contributed by atoms with van der Waals surface area (Å²) in [5.41, 5.74) is -3.14. The molecule has 0 aliphatic heterocycles. The average Bonchev–Trinajstić information content (AvgIpc) is 3.09. The van der Waals surface area contributed by atoms with Crippen LogP contribution in [-0.4, -0.2) is 44.5 Å². The lowest BCUT2D eigenvalue weighted by Crippen LogP contribution is -2.35. The van der Waals surface area contributed by atoms with Crippen molar-refractivity contribution in [2.24, 2.45) is 5.14 Å². The van der Waals surface area contributed by atoms with Gasteiger partial charge in [-0.3, -0.25) is 0 Å². The lowest BCUT2D eigenvalue weighted by Gasteiger charge is -2.21. The van der Waals surface area contributed by atoms with Gasteiger partial charge < -0.3 is 5.11 Å². The third-order valence-corrected chi connectivity index (χ3v) is 5.11. The molecule has 9 nitrogen and oxygen atoms in total. The smallest absolute Gasteiger partial charge is 0.383 e. The first-order valence-corrected chi connectivity index (χ1v) is 10.3. The molecule has 0 radical (unpaired) electrons. The van der Waals surface area contributed by atoms with Gasteiger partial charge >= 0.3 is 6.18 Å². The number of benzene rings is 1. The second kappa shape index (κ2) is 7.94. The number of hydrogen-bond donors (Lipinski definition) is 2. The van der Waals surface area contributed by atoms with Crippen molar-refractivity contribution in [3.05, 3.63) is 59.0 Å². The number of alkyl halides is 3. The largest absolute Gasteiger partial charge is 0.416 e. The Morgan fingerprint density at radius 1 is 1.19 bits per heavy atom. The van der Waals surface area contributed by atoms with E-state index in [1.807, 2.05) is 0 Å². The van der Waals surface area contributed by atoms with Gasteiger partial charge in [-0.15, -0.1) is 10.2 Å². The highest BCUT2D eigenvalue weighted by molar-refractivity contribution is 7.89. The summed E-state index contributed by atoms with van der Waals surface area (Å²) in [5.74, 6) is -1.72. The van der Waals surface area contributed by atoms with Crippen molar-refractivity contribution in [1.82, 2.24) is 25.2 Å². The van der Waals surface area contributed by atoms with Gasteiger partial charge in [-0.2, -0.15) is 18.0 Å². The molecule has 1 aromatic carbocycles. The lowest BCUT2D eigenvalue weighted by molar-refractivity contribution is -0.137. The minimum Gasteiger partial charge on any atom is -0.383 e. The van der Waals surface area contributed by atoms with Crippen LogP contribution in [0.2, 0.25) is 0 Å². The Morgan fingerprint density at radius 3 is 2.55 bits per heavy atom. The van der Waals surface area contributed by atoms with Gasteiger partial charge in [0, 0.05) is 5.56 Å². The maximum absolute atomic E-state index is 13.9. The molecule has 1 unspecified atom stereocenters. The number of nitrogens with two attached hydrogens (primary N) is 1. The Morgan fingerprint density at radius 2 is 1.90 bits per heavy atom. The van der Waals surface area contributed by atoms with Gasteiger partial charge in [-0.25, -0.2) is 22.9 Å². The molecule has 0 fully saturated rings. The number of tetrazole rings is 1. The fourth-order valence-electron chi connectivity index (χ4n) is 2.76. The van der Waals surface area contributed by atoms with Gasteiger partial charge in [-0.05, 0) is 42.5 Å². The number of rotatable bonds is 6. The van der Waals surface area contributed by atoms with E-state index in [1.54, 1.807) is 0 Å². The molecule has 0 saturated carbocycles. The number of nitrogens with zero attached hydrogens (tertiary/aromatic N) is 5. The number of hydrogen-bond acceptors (Lipinski definition) is 7. The quantitative estimate of drug-likeness (QED) is 0.531. The Balaban J connectivity index is 1.87. The third kappa shape index (κ3) is 5.59. The van der Waals surface area contributed by atoms with E-state index in [-0.39, 0.29) is 22.8 Å². The number of halogens is 4. The topological polar surface area (TPSA) is 137 Å².